The molecule has 1 atom stereocenters. The number of hydrogen-bond acceptors (Lipinski definition) is 9. The first-order valence-electron chi connectivity index (χ1n) is 9.37. The molecule has 3 aromatic heterocycles. The minimum Gasteiger partial charge on any atom is -0.465 e. The first kappa shape index (κ1) is 22.7. The standard InChI is InChI=1S/C18H15F4N5O5S/c1-31-17(28)12-9-24-27-6-4-14(25-15(12)27)26-5-2-3-13(26)11-7-10(19)8-23-16(11)32-33(29,30)18(20,21)22/h4,6-9,13H,2-3,5H2,1H3. The van der Waals surface area contributed by atoms with Gasteiger partial charge in [0, 0.05) is 18.3 Å². The number of esters is 1. The molecule has 0 aromatic carbocycles. The molecule has 1 fully saturated rings. The van der Waals surface area contributed by atoms with Crippen LogP contribution in [0.15, 0.2) is 30.7 Å². The van der Waals surface area contributed by atoms with Crippen LogP contribution < -0.4 is 9.08 Å². The maximum Gasteiger partial charge on any atom is 0.534 e. The molecule has 0 bridgehead atoms. The molecule has 1 unspecified atom stereocenters. The summed E-state index contributed by atoms with van der Waals surface area (Å²) in [5.74, 6) is -2.15. The van der Waals surface area contributed by atoms with E-state index >= 15 is 0 Å². The monoisotopic (exact) mass is 489 g/mol. The number of anilines is 1. The molecule has 0 spiro atoms. The molecule has 1 aliphatic rings. The van der Waals surface area contributed by atoms with Crippen LogP contribution in [0.5, 0.6) is 5.88 Å². The topological polar surface area (TPSA) is 116 Å². The summed E-state index contributed by atoms with van der Waals surface area (Å²) in [7, 11) is -4.83. The first-order valence-corrected chi connectivity index (χ1v) is 10.8. The van der Waals surface area contributed by atoms with Crippen LogP contribution in [0.4, 0.5) is 23.4 Å². The van der Waals surface area contributed by atoms with E-state index in [1.807, 2.05) is 0 Å². The summed E-state index contributed by atoms with van der Waals surface area (Å²) >= 11 is 0. The number of fused-ring (bicyclic) bond motifs is 1. The molecule has 176 valence electrons. The number of hydrogen-bond donors (Lipinski definition) is 0. The van der Waals surface area contributed by atoms with Crippen LogP contribution in [-0.4, -0.2) is 53.1 Å². The summed E-state index contributed by atoms with van der Waals surface area (Å²) in [5, 5.41) is 4.00. The summed E-state index contributed by atoms with van der Waals surface area (Å²) in [6.45, 7) is 0.359. The first-order chi connectivity index (χ1) is 15.5. The van der Waals surface area contributed by atoms with E-state index in [0.717, 1.165) is 6.07 Å². The van der Waals surface area contributed by atoms with Gasteiger partial charge in [0.15, 0.2) is 5.65 Å². The van der Waals surface area contributed by atoms with Crippen molar-refractivity contribution in [1.82, 2.24) is 19.6 Å². The fourth-order valence-electron chi connectivity index (χ4n) is 3.54. The minimum absolute atomic E-state index is 0.0859. The maximum atomic E-state index is 14.0. The van der Waals surface area contributed by atoms with Gasteiger partial charge in [0.1, 0.15) is 17.2 Å². The molecule has 15 heteroatoms. The summed E-state index contributed by atoms with van der Waals surface area (Å²) < 4.78 is 85.7. The number of alkyl halides is 3. The fraction of sp³-hybridized carbons (Fsp3) is 0.333. The van der Waals surface area contributed by atoms with E-state index in [0.29, 0.717) is 31.4 Å². The van der Waals surface area contributed by atoms with Gasteiger partial charge in [-0.2, -0.15) is 26.7 Å². The molecule has 0 N–H and O–H groups in total. The Labute approximate surface area is 183 Å². The van der Waals surface area contributed by atoms with E-state index in [1.165, 1.54) is 24.0 Å². The van der Waals surface area contributed by atoms with E-state index in [4.69, 9.17) is 4.74 Å². The minimum atomic E-state index is -6.02. The van der Waals surface area contributed by atoms with Crippen LogP contribution in [0, 0.1) is 5.82 Å². The zero-order chi connectivity index (χ0) is 24.0. The Morgan fingerprint density at radius 2 is 2.03 bits per heavy atom. The molecule has 0 saturated carbocycles. The van der Waals surface area contributed by atoms with Gasteiger partial charge in [-0.25, -0.2) is 23.7 Å². The highest BCUT2D eigenvalue weighted by Crippen LogP contribution is 2.40. The van der Waals surface area contributed by atoms with Gasteiger partial charge >= 0.3 is 21.6 Å². The van der Waals surface area contributed by atoms with Gasteiger partial charge in [0.05, 0.1) is 25.5 Å². The SMILES string of the molecule is COC(=O)c1cnn2ccc(N3CCCC3c3cc(F)cnc3OS(=O)(=O)C(F)(F)F)nc12. The summed E-state index contributed by atoms with van der Waals surface area (Å²) in [6.07, 6.45) is 4.19. The third-order valence-electron chi connectivity index (χ3n) is 4.98. The van der Waals surface area contributed by atoms with Crippen molar-refractivity contribution < 1.29 is 39.7 Å². The van der Waals surface area contributed by atoms with E-state index in [1.54, 1.807) is 11.0 Å². The van der Waals surface area contributed by atoms with E-state index in [-0.39, 0.29) is 16.8 Å². The molecular formula is C18H15F4N5O5S. The van der Waals surface area contributed by atoms with Gasteiger partial charge in [-0.1, -0.05) is 0 Å². The molecule has 33 heavy (non-hydrogen) atoms. The van der Waals surface area contributed by atoms with Crippen molar-refractivity contribution >= 4 is 27.6 Å². The average molecular weight is 489 g/mol. The summed E-state index contributed by atoms with van der Waals surface area (Å²) in [4.78, 5) is 21.4. The maximum absolute atomic E-state index is 14.0. The normalized spacial score (nSPS) is 16.9. The van der Waals surface area contributed by atoms with Crippen LogP contribution in [-0.2, 0) is 14.9 Å². The van der Waals surface area contributed by atoms with E-state index < -0.39 is 39.3 Å². The van der Waals surface area contributed by atoms with Crippen LogP contribution in [0.2, 0.25) is 0 Å². The van der Waals surface area contributed by atoms with Crippen molar-refractivity contribution in [1.29, 1.82) is 0 Å². The lowest BCUT2D eigenvalue weighted by molar-refractivity contribution is -0.0501. The average Bonchev–Trinajstić information content (AvgIpc) is 3.40. The Morgan fingerprint density at radius 1 is 1.27 bits per heavy atom. The zero-order valence-electron chi connectivity index (χ0n) is 16.8. The van der Waals surface area contributed by atoms with Crippen molar-refractivity contribution in [3.8, 4) is 5.88 Å². The van der Waals surface area contributed by atoms with Crippen molar-refractivity contribution in [2.75, 3.05) is 18.6 Å². The predicted octanol–water partition coefficient (Wildman–Crippen LogP) is 2.62. The van der Waals surface area contributed by atoms with Crippen LogP contribution >= 0.6 is 0 Å². The Morgan fingerprint density at radius 3 is 2.73 bits per heavy atom. The second-order valence-electron chi connectivity index (χ2n) is 6.99. The molecule has 0 aliphatic carbocycles. The van der Waals surface area contributed by atoms with Crippen LogP contribution in [0.1, 0.15) is 34.8 Å². The molecule has 4 rings (SSSR count). The van der Waals surface area contributed by atoms with Crippen LogP contribution in [0.25, 0.3) is 5.65 Å². The Balaban J connectivity index is 1.75. The van der Waals surface area contributed by atoms with Crippen molar-refractivity contribution in [2.24, 2.45) is 0 Å². The smallest absolute Gasteiger partial charge is 0.465 e. The molecular weight excluding hydrogens is 474 g/mol. The van der Waals surface area contributed by atoms with Gasteiger partial charge in [0.2, 0.25) is 5.88 Å². The van der Waals surface area contributed by atoms with Gasteiger partial charge in [0.25, 0.3) is 0 Å². The van der Waals surface area contributed by atoms with Gasteiger partial charge in [-0.15, -0.1) is 0 Å². The number of aromatic nitrogens is 4. The second kappa shape index (κ2) is 8.13. The molecule has 1 aliphatic heterocycles. The molecule has 1 saturated heterocycles. The Bertz CT molecular complexity index is 1330. The molecule has 3 aromatic rings. The van der Waals surface area contributed by atoms with Crippen LogP contribution in [0.3, 0.4) is 0 Å². The molecule has 0 radical (unpaired) electrons. The number of nitrogens with zero attached hydrogens (tertiary/aromatic N) is 5. The number of halogens is 4. The highest BCUT2D eigenvalue weighted by molar-refractivity contribution is 7.87. The number of pyridine rings is 1. The lowest BCUT2D eigenvalue weighted by Crippen LogP contribution is -2.30. The molecule has 10 nitrogen and oxygen atoms in total. The Kier molecular flexibility index (Phi) is 5.59. The largest absolute Gasteiger partial charge is 0.534 e. The summed E-state index contributed by atoms with van der Waals surface area (Å²) in [6, 6.07) is 1.61. The van der Waals surface area contributed by atoms with Gasteiger partial charge in [-0.3, -0.25) is 0 Å². The number of carbonyl (C=O) groups excluding carboxylic acids is 1. The van der Waals surface area contributed by atoms with Crippen molar-refractivity contribution in [2.45, 2.75) is 24.4 Å². The highest BCUT2D eigenvalue weighted by atomic mass is 32.2. The third kappa shape index (κ3) is 4.15. The number of ether oxygens (including phenoxy) is 1. The molecule has 4 heterocycles. The van der Waals surface area contributed by atoms with Gasteiger partial charge in [-0.05, 0) is 25.0 Å². The van der Waals surface area contributed by atoms with Crippen molar-refractivity contribution in [3.63, 3.8) is 0 Å². The second-order valence-corrected chi connectivity index (χ2v) is 8.52. The molecule has 0 amide bonds. The van der Waals surface area contributed by atoms with Gasteiger partial charge < -0.3 is 13.8 Å². The van der Waals surface area contributed by atoms with Crippen molar-refractivity contribution in [3.05, 3.63) is 47.7 Å². The lowest BCUT2D eigenvalue weighted by Gasteiger charge is -2.27. The number of carbonyl (C=O) groups is 1. The van der Waals surface area contributed by atoms with E-state index in [2.05, 4.69) is 19.2 Å². The highest BCUT2D eigenvalue weighted by Gasteiger charge is 2.49. The Hall–Kier alpha value is -3.49. The summed E-state index contributed by atoms with van der Waals surface area (Å²) in [5.41, 5.74) is -5.63. The number of rotatable bonds is 5. The zero-order valence-corrected chi connectivity index (χ0v) is 17.6. The van der Waals surface area contributed by atoms with E-state index in [9.17, 15) is 30.8 Å². The lowest BCUT2D eigenvalue weighted by atomic mass is 10.1. The third-order valence-corrected chi connectivity index (χ3v) is 5.93. The fourth-order valence-corrected chi connectivity index (χ4v) is 3.98. The number of methoxy groups -OCH3 is 1. The quantitative estimate of drug-likeness (QED) is 0.231. The predicted molar refractivity (Wildman–Crippen MR) is 103 cm³/mol.